The molecule has 0 N–H and O–H groups in total. The van der Waals surface area contributed by atoms with E-state index in [-0.39, 0.29) is 17.8 Å². The van der Waals surface area contributed by atoms with Gasteiger partial charge in [-0.05, 0) is 61.4 Å². The number of carbonyl (C=O) groups excluding carboxylic acids is 1. The van der Waals surface area contributed by atoms with Gasteiger partial charge in [-0.2, -0.15) is 0 Å². The van der Waals surface area contributed by atoms with Crippen molar-refractivity contribution >= 4 is 17.7 Å². The fraction of sp³-hybridized carbons (Fsp3) is 0.375. The molecule has 3 aromatic rings. The maximum absolute atomic E-state index is 12.6. The summed E-state index contributed by atoms with van der Waals surface area (Å²) in [6.07, 6.45) is 1.79. The van der Waals surface area contributed by atoms with Crippen LogP contribution >= 0.6 is 11.8 Å². The Morgan fingerprint density at radius 1 is 1.06 bits per heavy atom. The van der Waals surface area contributed by atoms with Crippen LogP contribution in [0.3, 0.4) is 0 Å². The number of thioether (sulfide) groups is 1. The number of likely N-dealkylation sites (tertiary alicyclic amines) is 1. The minimum absolute atomic E-state index is 0.0730. The fourth-order valence-corrected chi connectivity index (χ4v) is 4.20. The number of piperidine rings is 1. The summed E-state index contributed by atoms with van der Waals surface area (Å²) in [7, 11) is 1.62. The molecule has 0 aliphatic carbocycles. The molecule has 2 heterocycles. The van der Waals surface area contributed by atoms with Gasteiger partial charge in [0.1, 0.15) is 17.6 Å². The molecule has 0 saturated carbocycles. The summed E-state index contributed by atoms with van der Waals surface area (Å²) in [6, 6.07) is 13.6. The number of amides is 1. The molecule has 168 valence electrons. The van der Waals surface area contributed by atoms with Crippen LogP contribution in [-0.4, -0.2) is 53.1 Å². The van der Waals surface area contributed by atoms with Gasteiger partial charge < -0.3 is 18.8 Å². The Morgan fingerprint density at radius 3 is 2.47 bits per heavy atom. The van der Waals surface area contributed by atoms with E-state index in [0.29, 0.717) is 24.2 Å². The fourth-order valence-electron chi connectivity index (χ4n) is 3.54. The maximum atomic E-state index is 12.6. The van der Waals surface area contributed by atoms with Crippen molar-refractivity contribution in [2.24, 2.45) is 0 Å². The quantitative estimate of drug-likeness (QED) is 0.487. The summed E-state index contributed by atoms with van der Waals surface area (Å²) in [5.74, 6) is 2.43. The molecule has 7 nitrogen and oxygen atoms in total. The van der Waals surface area contributed by atoms with Gasteiger partial charge in [0.15, 0.2) is 0 Å². The van der Waals surface area contributed by atoms with Crippen LogP contribution in [0.15, 0.2) is 52.1 Å². The summed E-state index contributed by atoms with van der Waals surface area (Å²) in [5, 5.41) is 8.51. The molecule has 0 radical (unpaired) electrons. The minimum Gasteiger partial charge on any atom is -0.497 e. The van der Waals surface area contributed by atoms with Crippen molar-refractivity contribution in [3.05, 3.63) is 53.6 Å². The van der Waals surface area contributed by atoms with Gasteiger partial charge in [0.05, 0.1) is 12.9 Å². The largest absolute Gasteiger partial charge is 0.497 e. The molecule has 8 heteroatoms. The average molecular weight is 454 g/mol. The summed E-state index contributed by atoms with van der Waals surface area (Å²) in [5.41, 5.74) is 3.29. The Kier molecular flexibility index (Phi) is 6.99. The Morgan fingerprint density at radius 2 is 1.78 bits per heavy atom. The predicted molar refractivity (Wildman–Crippen MR) is 123 cm³/mol. The van der Waals surface area contributed by atoms with Gasteiger partial charge in [-0.25, -0.2) is 0 Å². The second-order valence-electron chi connectivity index (χ2n) is 7.83. The summed E-state index contributed by atoms with van der Waals surface area (Å²) >= 11 is 1.26. The third kappa shape index (κ3) is 5.43. The lowest BCUT2D eigenvalue weighted by Crippen LogP contribution is -2.42. The van der Waals surface area contributed by atoms with Crippen LogP contribution in [0.4, 0.5) is 0 Å². The zero-order chi connectivity index (χ0) is 22.5. The Bertz CT molecular complexity index is 1060. The molecule has 4 rings (SSSR count). The third-order valence-corrected chi connectivity index (χ3v) is 6.44. The highest BCUT2D eigenvalue weighted by Crippen LogP contribution is 2.26. The van der Waals surface area contributed by atoms with E-state index in [2.05, 4.69) is 36.2 Å². The highest BCUT2D eigenvalue weighted by molar-refractivity contribution is 7.99. The van der Waals surface area contributed by atoms with Crippen LogP contribution in [-0.2, 0) is 4.79 Å². The van der Waals surface area contributed by atoms with Gasteiger partial charge in [0.2, 0.25) is 11.8 Å². The first-order valence-corrected chi connectivity index (χ1v) is 11.6. The van der Waals surface area contributed by atoms with Crippen LogP contribution < -0.4 is 9.47 Å². The molecule has 1 aromatic heterocycles. The van der Waals surface area contributed by atoms with Crippen molar-refractivity contribution < 1.29 is 18.7 Å². The number of rotatable bonds is 7. The van der Waals surface area contributed by atoms with E-state index < -0.39 is 0 Å². The highest BCUT2D eigenvalue weighted by Gasteiger charge is 2.24. The van der Waals surface area contributed by atoms with Crippen LogP contribution in [0.25, 0.3) is 11.5 Å². The highest BCUT2D eigenvalue weighted by atomic mass is 32.2. The minimum atomic E-state index is 0.0730. The van der Waals surface area contributed by atoms with Crippen LogP contribution in [0, 0.1) is 13.8 Å². The lowest BCUT2D eigenvalue weighted by molar-refractivity contribution is -0.130. The van der Waals surface area contributed by atoms with E-state index in [1.807, 2.05) is 35.2 Å². The standard InChI is InChI=1S/C24H27N3O4S/c1-16-4-7-21(14-17(16)2)30-20-10-12-27(13-11-20)22(28)15-32-24-26-25-23(31-24)18-5-8-19(29-3)9-6-18/h4-9,14,20H,10-13,15H2,1-3H3. The smallest absolute Gasteiger partial charge is 0.277 e. The number of methoxy groups -OCH3 is 1. The zero-order valence-corrected chi connectivity index (χ0v) is 19.4. The van der Waals surface area contributed by atoms with E-state index in [1.165, 1.54) is 22.9 Å². The molecule has 1 amide bonds. The van der Waals surface area contributed by atoms with Crippen LogP contribution in [0.2, 0.25) is 0 Å². The van der Waals surface area contributed by atoms with E-state index >= 15 is 0 Å². The maximum Gasteiger partial charge on any atom is 0.277 e. The second kappa shape index (κ2) is 10.1. The SMILES string of the molecule is COc1ccc(-c2nnc(SCC(=O)N3CCC(Oc4ccc(C)c(C)c4)CC3)o2)cc1. The van der Waals surface area contributed by atoms with Crippen LogP contribution in [0.5, 0.6) is 11.5 Å². The van der Waals surface area contributed by atoms with Crippen molar-refractivity contribution in [1.82, 2.24) is 15.1 Å². The molecule has 0 spiro atoms. The van der Waals surface area contributed by atoms with Gasteiger partial charge >= 0.3 is 0 Å². The van der Waals surface area contributed by atoms with Crippen molar-refractivity contribution in [1.29, 1.82) is 0 Å². The van der Waals surface area contributed by atoms with Crippen molar-refractivity contribution in [2.45, 2.75) is 38.0 Å². The first kappa shape index (κ1) is 22.2. The molecule has 2 aromatic carbocycles. The average Bonchev–Trinajstić information content (AvgIpc) is 3.29. The predicted octanol–water partition coefficient (Wildman–Crippen LogP) is 4.52. The number of ether oxygens (including phenoxy) is 2. The van der Waals surface area contributed by atoms with Gasteiger partial charge in [-0.3, -0.25) is 4.79 Å². The van der Waals surface area contributed by atoms with Gasteiger partial charge in [0.25, 0.3) is 5.22 Å². The summed E-state index contributed by atoms with van der Waals surface area (Å²) in [6.45, 7) is 5.56. The Balaban J connectivity index is 1.24. The first-order chi connectivity index (χ1) is 15.5. The first-order valence-electron chi connectivity index (χ1n) is 10.6. The zero-order valence-electron chi connectivity index (χ0n) is 18.5. The molecule has 0 bridgehead atoms. The van der Waals surface area contributed by atoms with Crippen molar-refractivity contribution in [2.75, 3.05) is 26.0 Å². The summed E-state index contributed by atoms with van der Waals surface area (Å²) < 4.78 is 17.0. The number of benzene rings is 2. The van der Waals surface area contributed by atoms with E-state index in [1.54, 1.807) is 7.11 Å². The molecule has 1 aliphatic rings. The topological polar surface area (TPSA) is 77.7 Å². The van der Waals surface area contributed by atoms with E-state index in [9.17, 15) is 4.79 Å². The molecule has 32 heavy (non-hydrogen) atoms. The van der Waals surface area contributed by atoms with Gasteiger partial charge in [-0.15, -0.1) is 10.2 Å². The summed E-state index contributed by atoms with van der Waals surface area (Å²) in [4.78, 5) is 14.5. The van der Waals surface area contributed by atoms with E-state index in [0.717, 1.165) is 29.9 Å². The van der Waals surface area contributed by atoms with Crippen molar-refractivity contribution in [3.63, 3.8) is 0 Å². The second-order valence-corrected chi connectivity index (χ2v) is 8.76. The molecular formula is C24H27N3O4S. The lowest BCUT2D eigenvalue weighted by Gasteiger charge is -2.32. The Hall–Kier alpha value is -3.00. The van der Waals surface area contributed by atoms with Crippen molar-refractivity contribution in [3.8, 4) is 23.0 Å². The van der Waals surface area contributed by atoms with Gasteiger partial charge in [0, 0.05) is 31.5 Å². The number of carbonyl (C=O) groups is 1. The Labute approximate surface area is 192 Å². The third-order valence-electron chi connectivity index (χ3n) is 5.64. The molecule has 0 unspecified atom stereocenters. The van der Waals surface area contributed by atoms with Crippen LogP contribution in [0.1, 0.15) is 24.0 Å². The monoisotopic (exact) mass is 453 g/mol. The molecule has 0 atom stereocenters. The molecule has 1 fully saturated rings. The number of aryl methyl sites for hydroxylation is 2. The molecule has 1 aliphatic heterocycles. The van der Waals surface area contributed by atoms with Gasteiger partial charge in [-0.1, -0.05) is 17.8 Å². The molecular weight excluding hydrogens is 426 g/mol. The normalized spacial score (nSPS) is 14.4. The van der Waals surface area contributed by atoms with E-state index in [4.69, 9.17) is 13.9 Å². The number of hydrogen-bond donors (Lipinski definition) is 0. The number of aromatic nitrogens is 2. The molecule has 1 saturated heterocycles. The number of nitrogens with zero attached hydrogens (tertiary/aromatic N) is 3. The lowest BCUT2D eigenvalue weighted by atomic mass is 10.1. The number of hydrogen-bond acceptors (Lipinski definition) is 7.